The van der Waals surface area contributed by atoms with Crippen LogP contribution in [0.5, 0.6) is 0 Å². The van der Waals surface area contributed by atoms with Gasteiger partial charge >= 0.3 is 11.2 Å². The molecule has 6 nitrogen and oxygen atoms in total. The summed E-state index contributed by atoms with van der Waals surface area (Å²) in [5, 5.41) is 10.6. The summed E-state index contributed by atoms with van der Waals surface area (Å²) < 4.78 is 6.42. The molecule has 0 aromatic carbocycles. The van der Waals surface area contributed by atoms with Gasteiger partial charge in [-0.3, -0.25) is 19.5 Å². The molecule has 0 atom stereocenters. The highest BCUT2D eigenvalue weighted by Crippen LogP contribution is 2.13. The number of nitrogens with zero attached hydrogens (tertiary/aromatic N) is 2. The first kappa shape index (κ1) is 10.6. The number of hydrogen-bond acceptors (Lipinski definition) is 4. The van der Waals surface area contributed by atoms with Crippen molar-refractivity contribution in [2.24, 2.45) is 0 Å². The van der Waals surface area contributed by atoms with Crippen LogP contribution < -0.4 is 5.56 Å². The molecule has 6 heteroatoms. The van der Waals surface area contributed by atoms with E-state index in [1.165, 1.54) is 22.9 Å². The molecular formula is C10H10N2O4. The van der Waals surface area contributed by atoms with Crippen molar-refractivity contribution in [3.05, 3.63) is 44.9 Å². The minimum atomic E-state index is -0.668. The van der Waals surface area contributed by atoms with Crippen LogP contribution in [0.15, 0.2) is 29.2 Å². The van der Waals surface area contributed by atoms with Gasteiger partial charge in [0.05, 0.1) is 18.1 Å². The van der Waals surface area contributed by atoms with Crippen LogP contribution in [0.25, 0.3) is 5.70 Å². The van der Waals surface area contributed by atoms with Gasteiger partial charge in [0.1, 0.15) is 0 Å². The lowest BCUT2D eigenvalue weighted by atomic mass is 10.2. The van der Waals surface area contributed by atoms with Crippen molar-refractivity contribution in [2.75, 3.05) is 13.2 Å². The van der Waals surface area contributed by atoms with Crippen LogP contribution >= 0.6 is 0 Å². The second-order valence-corrected chi connectivity index (χ2v) is 3.35. The number of hydrogen-bond donors (Lipinski definition) is 0. The molecule has 2 heterocycles. The summed E-state index contributed by atoms with van der Waals surface area (Å²) in [6.07, 6.45) is 3.88. The van der Waals surface area contributed by atoms with Crippen LogP contribution in [-0.2, 0) is 4.74 Å². The zero-order valence-corrected chi connectivity index (χ0v) is 8.46. The van der Waals surface area contributed by atoms with E-state index in [1.54, 1.807) is 6.08 Å². The number of ether oxygens (including phenoxy) is 1. The van der Waals surface area contributed by atoms with Gasteiger partial charge < -0.3 is 4.74 Å². The highest BCUT2D eigenvalue weighted by molar-refractivity contribution is 5.48. The van der Waals surface area contributed by atoms with Gasteiger partial charge in [-0.2, -0.15) is 0 Å². The Balaban J connectivity index is 2.49. The van der Waals surface area contributed by atoms with Gasteiger partial charge in [0.2, 0.25) is 0 Å². The normalized spacial score (nSPS) is 15.6. The third-order valence-corrected chi connectivity index (χ3v) is 2.37. The Hall–Kier alpha value is -1.95. The highest BCUT2D eigenvalue weighted by Gasteiger charge is 2.16. The average Bonchev–Trinajstić information content (AvgIpc) is 2.30. The summed E-state index contributed by atoms with van der Waals surface area (Å²) in [6, 6.07) is 2.70. The maximum absolute atomic E-state index is 11.7. The number of rotatable bonds is 2. The van der Waals surface area contributed by atoms with E-state index in [0.29, 0.717) is 19.6 Å². The Morgan fingerprint density at radius 3 is 2.94 bits per heavy atom. The molecular weight excluding hydrogens is 212 g/mol. The van der Waals surface area contributed by atoms with Crippen molar-refractivity contribution in [2.45, 2.75) is 6.42 Å². The minimum Gasteiger partial charge on any atom is -0.377 e. The topological polar surface area (TPSA) is 74.4 Å². The van der Waals surface area contributed by atoms with E-state index in [-0.39, 0.29) is 0 Å². The number of pyridine rings is 1. The van der Waals surface area contributed by atoms with E-state index in [0.717, 1.165) is 5.70 Å². The Labute approximate surface area is 90.9 Å². The van der Waals surface area contributed by atoms with Crippen LogP contribution in [0.2, 0.25) is 0 Å². The van der Waals surface area contributed by atoms with Crippen LogP contribution in [0.1, 0.15) is 6.42 Å². The van der Waals surface area contributed by atoms with Crippen molar-refractivity contribution in [1.82, 2.24) is 4.57 Å². The van der Waals surface area contributed by atoms with Crippen LogP contribution in [0.4, 0.5) is 5.69 Å². The zero-order valence-electron chi connectivity index (χ0n) is 8.46. The molecule has 1 aliphatic rings. The van der Waals surface area contributed by atoms with E-state index in [2.05, 4.69) is 0 Å². The summed E-state index contributed by atoms with van der Waals surface area (Å²) in [5.74, 6) is 0. The predicted molar refractivity (Wildman–Crippen MR) is 57.1 cm³/mol. The van der Waals surface area contributed by atoms with E-state index in [9.17, 15) is 14.9 Å². The fourth-order valence-corrected chi connectivity index (χ4v) is 1.58. The van der Waals surface area contributed by atoms with Crippen molar-refractivity contribution >= 4 is 11.4 Å². The molecule has 84 valence electrons. The fraction of sp³-hybridized carbons (Fsp3) is 0.300. The molecule has 16 heavy (non-hydrogen) atoms. The molecule has 1 aromatic rings. The second-order valence-electron chi connectivity index (χ2n) is 3.35. The Kier molecular flexibility index (Phi) is 2.82. The van der Waals surface area contributed by atoms with Gasteiger partial charge in [-0.25, -0.2) is 0 Å². The molecule has 2 rings (SSSR count). The number of aromatic nitrogens is 1. The summed E-state index contributed by atoms with van der Waals surface area (Å²) in [7, 11) is 0. The lowest BCUT2D eigenvalue weighted by molar-refractivity contribution is -0.386. The quantitative estimate of drug-likeness (QED) is 0.553. The van der Waals surface area contributed by atoms with E-state index >= 15 is 0 Å². The summed E-state index contributed by atoms with van der Waals surface area (Å²) in [6.45, 7) is 0.964. The Morgan fingerprint density at radius 2 is 2.31 bits per heavy atom. The zero-order chi connectivity index (χ0) is 11.5. The summed E-state index contributed by atoms with van der Waals surface area (Å²) in [4.78, 5) is 21.7. The van der Waals surface area contributed by atoms with Crippen LogP contribution in [-0.4, -0.2) is 22.7 Å². The maximum Gasteiger partial charge on any atom is 0.334 e. The molecule has 0 N–H and O–H groups in total. The molecule has 0 saturated carbocycles. The molecule has 0 amide bonds. The third kappa shape index (κ3) is 1.87. The predicted octanol–water partition coefficient (Wildman–Crippen LogP) is 1.02. The molecule has 1 aromatic heterocycles. The van der Waals surface area contributed by atoms with Gasteiger partial charge in [-0.05, 0) is 12.1 Å². The molecule has 0 aliphatic carbocycles. The first-order chi connectivity index (χ1) is 7.70. The standard InChI is InChI=1S/C10H10N2O4/c13-10-9(12(14)15)2-1-5-11(10)8-3-6-16-7-4-8/h1-3,5H,4,6-7H2. The van der Waals surface area contributed by atoms with Crippen molar-refractivity contribution in [3.8, 4) is 0 Å². The lowest BCUT2D eigenvalue weighted by Crippen LogP contribution is -2.23. The van der Waals surface area contributed by atoms with Gasteiger partial charge in [0.15, 0.2) is 0 Å². The van der Waals surface area contributed by atoms with E-state index in [1.807, 2.05) is 0 Å². The van der Waals surface area contributed by atoms with Crippen LogP contribution in [0, 0.1) is 10.1 Å². The Morgan fingerprint density at radius 1 is 1.50 bits per heavy atom. The Bertz CT molecular complexity index is 504. The first-order valence-corrected chi connectivity index (χ1v) is 4.83. The van der Waals surface area contributed by atoms with Crippen molar-refractivity contribution in [1.29, 1.82) is 0 Å². The molecule has 0 saturated heterocycles. The monoisotopic (exact) mass is 222 g/mol. The summed E-state index contributed by atoms with van der Waals surface area (Å²) >= 11 is 0. The molecule has 1 aliphatic heterocycles. The van der Waals surface area contributed by atoms with Crippen molar-refractivity contribution in [3.63, 3.8) is 0 Å². The lowest BCUT2D eigenvalue weighted by Gasteiger charge is -2.14. The SMILES string of the molecule is O=c1c([N+](=O)[O-])cccn1C1=CCOCC1. The van der Waals surface area contributed by atoms with Gasteiger partial charge in [-0.15, -0.1) is 0 Å². The second kappa shape index (κ2) is 4.28. The fourth-order valence-electron chi connectivity index (χ4n) is 1.58. The molecule has 0 fully saturated rings. The maximum atomic E-state index is 11.7. The van der Waals surface area contributed by atoms with Crippen LogP contribution in [0.3, 0.4) is 0 Å². The van der Waals surface area contributed by atoms with Gasteiger partial charge in [0.25, 0.3) is 0 Å². The molecule has 0 radical (unpaired) electrons. The first-order valence-electron chi connectivity index (χ1n) is 4.83. The number of nitro groups is 1. The molecule has 0 spiro atoms. The largest absolute Gasteiger partial charge is 0.377 e. The van der Waals surface area contributed by atoms with Gasteiger partial charge in [0, 0.05) is 24.4 Å². The minimum absolute atomic E-state index is 0.408. The van der Waals surface area contributed by atoms with Gasteiger partial charge in [-0.1, -0.05) is 0 Å². The summed E-state index contributed by atoms with van der Waals surface area (Å²) in [5.41, 5.74) is -0.254. The van der Waals surface area contributed by atoms with E-state index < -0.39 is 16.2 Å². The van der Waals surface area contributed by atoms with Crippen molar-refractivity contribution < 1.29 is 9.66 Å². The highest BCUT2D eigenvalue weighted by atomic mass is 16.6. The molecule has 0 bridgehead atoms. The smallest absolute Gasteiger partial charge is 0.334 e. The average molecular weight is 222 g/mol. The molecule has 0 unspecified atom stereocenters. The third-order valence-electron chi connectivity index (χ3n) is 2.37. The van der Waals surface area contributed by atoms with E-state index in [4.69, 9.17) is 4.74 Å².